The Bertz CT molecular complexity index is 1500. The molecule has 2 heterocycles. The Balaban J connectivity index is 1.48. The summed E-state index contributed by atoms with van der Waals surface area (Å²) < 4.78 is 50.6. The fraction of sp³-hybridized carbons (Fsp3) is 0.367. The third-order valence-corrected chi connectivity index (χ3v) is 9.78. The summed E-state index contributed by atoms with van der Waals surface area (Å²) in [6, 6.07) is 18.6. The van der Waals surface area contributed by atoms with Crippen LogP contribution in [0.25, 0.3) is 0 Å². The van der Waals surface area contributed by atoms with E-state index in [-0.39, 0.29) is 24.2 Å². The number of fused-ring (bicyclic) bond motifs is 1. The summed E-state index contributed by atoms with van der Waals surface area (Å²) in [5.41, 5.74) is 1.67. The lowest BCUT2D eigenvalue weighted by Gasteiger charge is -2.30. The highest BCUT2D eigenvalue weighted by molar-refractivity contribution is 7.89. The van der Waals surface area contributed by atoms with Crippen molar-refractivity contribution < 1.29 is 37.3 Å². The predicted octanol–water partition coefficient (Wildman–Crippen LogP) is 5.38. The number of halogens is 1. The summed E-state index contributed by atoms with van der Waals surface area (Å²) in [6.07, 6.45) is -1.54. The molecule has 0 unspecified atom stereocenters. The molecule has 0 amide bonds. The minimum absolute atomic E-state index is 0.120. The predicted molar refractivity (Wildman–Crippen MR) is 156 cm³/mol. The SMILES string of the molecule is CCCN(CCN1C[C@H](c2ccc3c(c2)OCO3)[C@H](OC(=O)O)[C@H]1c1ccc(OC)cc1)S(=O)(=O)c1ccc(Cl)cc1. The molecule has 1 fully saturated rings. The number of ether oxygens (including phenoxy) is 4. The second-order valence-corrected chi connectivity index (χ2v) is 12.5. The third kappa shape index (κ3) is 6.29. The number of nitrogens with zero attached hydrogens (tertiary/aromatic N) is 2. The van der Waals surface area contributed by atoms with Crippen LogP contribution >= 0.6 is 11.6 Å². The Kier molecular flexibility index (Phi) is 9.12. The maximum absolute atomic E-state index is 13.6. The molecule has 5 rings (SSSR count). The van der Waals surface area contributed by atoms with Crippen LogP contribution in [0, 0.1) is 0 Å². The van der Waals surface area contributed by atoms with Crippen molar-refractivity contribution in [2.45, 2.75) is 36.3 Å². The van der Waals surface area contributed by atoms with E-state index in [1.165, 1.54) is 16.4 Å². The van der Waals surface area contributed by atoms with Crippen LogP contribution in [0.5, 0.6) is 17.2 Å². The number of benzene rings is 3. The van der Waals surface area contributed by atoms with Gasteiger partial charge in [-0.2, -0.15) is 4.31 Å². The van der Waals surface area contributed by atoms with Crippen molar-refractivity contribution in [3.05, 3.63) is 82.9 Å². The lowest BCUT2D eigenvalue weighted by Crippen LogP contribution is -2.40. The van der Waals surface area contributed by atoms with Crippen molar-refractivity contribution in [3.63, 3.8) is 0 Å². The van der Waals surface area contributed by atoms with Crippen LogP contribution < -0.4 is 14.2 Å². The van der Waals surface area contributed by atoms with E-state index in [9.17, 15) is 18.3 Å². The second-order valence-electron chi connectivity index (χ2n) is 10.1. The van der Waals surface area contributed by atoms with E-state index in [2.05, 4.69) is 4.90 Å². The highest BCUT2D eigenvalue weighted by Crippen LogP contribution is 2.45. The van der Waals surface area contributed by atoms with E-state index in [0.717, 1.165) is 11.1 Å². The zero-order valence-corrected chi connectivity index (χ0v) is 24.9. The second kappa shape index (κ2) is 12.8. The zero-order chi connectivity index (χ0) is 29.9. The topological polar surface area (TPSA) is 115 Å². The zero-order valence-electron chi connectivity index (χ0n) is 23.3. The van der Waals surface area contributed by atoms with Gasteiger partial charge in [0.15, 0.2) is 11.5 Å². The first kappa shape index (κ1) is 30.0. The van der Waals surface area contributed by atoms with Gasteiger partial charge in [-0.3, -0.25) is 4.90 Å². The number of likely N-dealkylation sites (tertiary alicyclic amines) is 1. The van der Waals surface area contributed by atoms with E-state index in [4.69, 9.17) is 30.5 Å². The molecule has 10 nitrogen and oxygen atoms in total. The molecule has 3 aromatic carbocycles. The maximum Gasteiger partial charge on any atom is 0.506 e. The van der Waals surface area contributed by atoms with Crippen molar-refractivity contribution in [3.8, 4) is 17.2 Å². The van der Waals surface area contributed by atoms with E-state index in [0.29, 0.717) is 48.3 Å². The normalized spacial score (nSPS) is 20.1. The molecule has 0 radical (unpaired) electrons. The summed E-state index contributed by atoms with van der Waals surface area (Å²) in [5.74, 6) is 1.52. The van der Waals surface area contributed by atoms with Crippen LogP contribution in [0.3, 0.4) is 0 Å². The van der Waals surface area contributed by atoms with Crippen LogP contribution in [-0.2, 0) is 14.8 Å². The van der Waals surface area contributed by atoms with Crippen LogP contribution in [0.15, 0.2) is 71.6 Å². The number of carbonyl (C=O) groups is 1. The molecule has 224 valence electrons. The van der Waals surface area contributed by atoms with Crippen LogP contribution in [-0.4, -0.2) is 75.1 Å². The van der Waals surface area contributed by atoms with Gasteiger partial charge in [-0.05, 0) is 66.1 Å². The minimum Gasteiger partial charge on any atom is -0.497 e. The van der Waals surface area contributed by atoms with Gasteiger partial charge in [0.05, 0.1) is 18.0 Å². The van der Waals surface area contributed by atoms with Crippen LogP contribution in [0.4, 0.5) is 4.79 Å². The van der Waals surface area contributed by atoms with Crippen molar-refractivity contribution in [2.24, 2.45) is 0 Å². The molecule has 0 bridgehead atoms. The van der Waals surface area contributed by atoms with E-state index in [1.807, 2.05) is 49.4 Å². The van der Waals surface area contributed by atoms with Gasteiger partial charge in [0, 0.05) is 37.1 Å². The number of methoxy groups -OCH3 is 1. The summed E-state index contributed by atoms with van der Waals surface area (Å²) in [7, 11) is -2.22. The molecule has 0 aliphatic carbocycles. The van der Waals surface area contributed by atoms with Gasteiger partial charge in [0.1, 0.15) is 11.9 Å². The Morgan fingerprint density at radius 1 is 1.02 bits per heavy atom. The molecule has 0 spiro atoms. The number of carboxylic acid groups (broad SMARTS) is 1. The van der Waals surface area contributed by atoms with E-state index >= 15 is 0 Å². The Hall–Kier alpha value is -3.51. The van der Waals surface area contributed by atoms with E-state index in [1.54, 1.807) is 19.2 Å². The summed E-state index contributed by atoms with van der Waals surface area (Å²) in [5, 5.41) is 10.2. The molecular formula is C30H33ClN2O8S. The molecule has 0 aromatic heterocycles. The molecule has 2 aliphatic rings. The number of sulfonamides is 1. The Morgan fingerprint density at radius 2 is 1.71 bits per heavy atom. The Labute approximate surface area is 250 Å². The number of hydrogen-bond donors (Lipinski definition) is 1. The van der Waals surface area contributed by atoms with E-state index < -0.39 is 28.3 Å². The standard InChI is InChI=1S/C30H33ClN2O8S/c1-3-14-33(42(36,37)24-11-7-22(31)8-12-24)16-15-32-18-25(21-6-13-26-27(17-21)40-19-39-26)29(41-30(34)35)28(32)20-4-9-23(38-2)10-5-20/h4-13,17,25,28-29H,3,14-16,18-19H2,1-2H3,(H,34,35)/t25-,28-,29+/m1/s1. The molecule has 1 saturated heterocycles. The maximum atomic E-state index is 13.6. The van der Waals surface area contributed by atoms with Crippen molar-refractivity contribution in [1.29, 1.82) is 0 Å². The lowest BCUT2D eigenvalue weighted by molar-refractivity contribution is 0.0283. The summed E-state index contributed by atoms with van der Waals surface area (Å²) >= 11 is 6.00. The quantitative estimate of drug-likeness (QED) is 0.283. The average Bonchev–Trinajstić information content (AvgIpc) is 3.59. The average molecular weight is 617 g/mol. The van der Waals surface area contributed by atoms with Crippen LogP contribution in [0.1, 0.15) is 36.4 Å². The number of hydrogen-bond acceptors (Lipinski definition) is 8. The first-order valence-electron chi connectivity index (χ1n) is 13.6. The molecular weight excluding hydrogens is 584 g/mol. The highest BCUT2D eigenvalue weighted by Gasteiger charge is 2.46. The molecule has 3 aromatic rings. The smallest absolute Gasteiger partial charge is 0.497 e. The van der Waals surface area contributed by atoms with Gasteiger partial charge >= 0.3 is 6.16 Å². The van der Waals surface area contributed by atoms with Crippen molar-refractivity contribution >= 4 is 27.8 Å². The van der Waals surface area contributed by atoms with Gasteiger partial charge in [0.25, 0.3) is 0 Å². The third-order valence-electron chi connectivity index (χ3n) is 7.61. The molecule has 2 aliphatic heterocycles. The van der Waals surface area contributed by atoms with Gasteiger partial charge < -0.3 is 24.1 Å². The van der Waals surface area contributed by atoms with Gasteiger partial charge in [0.2, 0.25) is 16.8 Å². The van der Waals surface area contributed by atoms with Gasteiger partial charge in [-0.25, -0.2) is 13.2 Å². The number of rotatable bonds is 11. The highest BCUT2D eigenvalue weighted by atomic mass is 35.5. The fourth-order valence-electron chi connectivity index (χ4n) is 5.63. The van der Waals surface area contributed by atoms with Crippen molar-refractivity contribution in [2.75, 3.05) is 40.1 Å². The minimum atomic E-state index is -3.79. The molecule has 3 atom stereocenters. The van der Waals surface area contributed by atoms with Crippen LogP contribution in [0.2, 0.25) is 5.02 Å². The molecule has 0 saturated carbocycles. The molecule has 42 heavy (non-hydrogen) atoms. The first-order chi connectivity index (χ1) is 20.2. The molecule has 1 N–H and O–H groups in total. The Morgan fingerprint density at radius 3 is 2.38 bits per heavy atom. The first-order valence-corrected chi connectivity index (χ1v) is 15.5. The van der Waals surface area contributed by atoms with Gasteiger partial charge in [-0.1, -0.05) is 36.7 Å². The largest absolute Gasteiger partial charge is 0.506 e. The summed E-state index contributed by atoms with van der Waals surface area (Å²) in [6.45, 7) is 3.33. The monoisotopic (exact) mass is 616 g/mol. The summed E-state index contributed by atoms with van der Waals surface area (Å²) in [4.78, 5) is 14.2. The lowest BCUT2D eigenvalue weighted by atomic mass is 9.90. The van der Waals surface area contributed by atoms with Gasteiger partial charge in [-0.15, -0.1) is 0 Å². The van der Waals surface area contributed by atoms with Crippen molar-refractivity contribution in [1.82, 2.24) is 9.21 Å². The molecule has 12 heteroatoms. The fourth-order valence-corrected chi connectivity index (χ4v) is 7.28.